The molecule has 0 aliphatic carbocycles. The maximum absolute atomic E-state index is 11.6. The minimum Gasteiger partial charge on any atom is -0.469 e. The molecule has 0 bridgehead atoms. The largest absolute Gasteiger partial charge is 0.469 e. The summed E-state index contributed by atoms with van der Waals surface area (Å²) in [4.78, 5) is 23.2. The number of hydrogen-bond donors (Lipinski definition) is 1. The molecule has 2 atom stereocenters. The Morgan fingerprint density at radius 3 is 2.73 bits per heavy atom. The molecular formula is C10H17NO4. The van der Waals surface area contributed by atoms with Gasteiger partial charge in [-0.1, -0.05) is 0 Å². The third kappa shape index (κ3) is 2.12. The summed E-state index contributed by atoms with van der Waals surface area (Å²) in [5.41, 5.74) is -0.805. The van der Waals surface area contributed by atoms with E-state index in [1.54, 1.807) is 13.8 Å². The summed E-state index contributed by atoms with van der Waals surface area (Å²) < 4.78 is 9.62. The minimum absolute atomic E-state index is 0.314. The van der Waals surface area contributed by atoms with Crippen molar-refractivity contribution >= 4 is 11.9 Å². The first-order valence-electron chi connectivity index (χ1n) is 5.04. The van der Waals surface area contributed by atoms with Crippen molar-refractivity contribution in [2.75, 3.05) is 20.3 Å². The lowest BCUT2D eigenvalue weighted by Crippen LogP contribution is -2.47. The molecule has 1 aliphatic heterocycles. The van der Waals surface area contributed by atoms with Gasteiger partial charge in [0.05, 0.1) is 19.1 Å². The summed E-state index contributed by atoms with van der Waals surface area (Å²) in [6, 6.07) is -0.593. The molecule has 0 saturated carbocycles. The van der Waals surface area contributed by atoms with Gasteiger partial charge in [-0.25, -0.2) is 0 Å². The fraction of sp³-hybridized carbons (Fsp3) is 0.800. The third-order valence-corrected chi connectivity index (χ3v) is 2.80. The van der Waals surface area contributed by atoms with Gasteiger partial charge in [0.15, 0.2) is 0 Å². The summed E-state index contributed by atoms with van der Waals surface area (Å²) in [5, 5.41) is 2.97. The molecule has 1 heterocycles. The Bertz CT molecular complexity index is 266. The van der Waals surface area contributed by atoms with Gasteiger partial charge in [0, 0.05) is 0 Å². The second-order valence-electron chi connectivity index (χ2n) is 3.80. The van der Waals surface area contributed by atoms with E-state index >= 15 is 0 Å². The Labute approximate surface area is 89.1 Å². The van der Waals surface area contributed by atoms with E-state index in [4.69, 9.17) is 9.47 Å². The Morgan fingerprint density at radius 1 is 1.53 bits per heavy atom. The SMILES string of the molecule is CCOC(=O)[C@H]1NCCC1(C)C(=O)OC. The number of nitrogens with one attached hydrogen (secondary N) is 1. The molecule has 0 aromatic carbocycles. The zero-order valence-corrected chi connectivity index (χ0v) is 9.33. The number of ether oxygens (including phenoxy) is 2. The zero-order valence-electron chi connectivity index (χ0n) is 9.33. The molecule has 1 rings (SSSR count). The van der Waals surface area contributed by atoms with E-state index in [9.17, 15) is 9.59 Å². The minimum atomic E-state index is -0.805. The van der Waals surface area contributed by atoms with Crippen molar-refractivity contribution < 1.29 is 19.1 Å². The van der Waals surface area contributed by atoms with Crippen LogP contribution in [0.3, 0.4) is 0 Å². The van der Waals surface area contributed by atoms with Crippen LogP contribution in [0, 0.1) is 5.41 Å². The fourth-order valence-electron chi connectivity index (χ4n) is 1.87. The number of rotatable bonds is 3. The molecule has 1 fully saturated rings. The third-order valence-electron chi connectivity index (χ3n) is 2.80. The van der Waals surface area contributed by atoms with Gasteiger partial charge in [0.25, 0.3) is 0 Å². The van der Waals surface area contributed by atoms with Crippen LogP contribution in [0.2, 0.25) is 0 Å². The van der Waals surface area contributed by atoms with Gasteiger partial charge in [-0.05, 0) is 26.8 Å². The second kappa shape index (κ2) is 4.61. The number of carbonyl (C=O) groups excluding carboxylic acids is 2. The quantitative estimate of drug-likeness (QED) is 0.676. The number of carbonyl (C=O) groups is 2. The van der Waals surface area contributed by atoms with E-state index in [-0.39, 0.29) is 11.9 Å². The first-order valence-corrected chi connectivity index (χ1v) is 5.04. The Balaban J connectivity index is 2.79. The molecule has 0 radical (unpaired) electrons. The van der Waals surface area contributed by atoms with Crippen molar-refractivity contribution in [3.05, 3.63) is 0 Å². The van der Waals surface area contributed by atoms with Gasteiger partial charge in [0.1, 0.15) is 6.04 Å². The highest BCUT2D eigenvalue weighted by Gasteiger charge is 2.50. The van der Waals surface area contributed by atoms with E-state index in [0.29, 0.717) is 19.6 Å². The maximum Gasteiger partial charge on any atom is 0.324 e. The molecule has 15 heavy (non-hydrogen) atoms. The molecule has 1 unspecified atom stereocenters. The lowest BCUT2D eigenvalue weighted by atomic mass is 9.82. The Hall–Kier alpha value is -1.10. The van der Waals surface area contributed by atoms with Crippen LogP contribution in [0.1, 0.15) is 20.3 Å². The average molecular weight is 215 g/mol. The van der Waals surface area contributed by atoms with Crippen molar-refractivity contribution in [2.24, 2.45) is 5.41 Å². The predicted molar refractivity (Wildman–Crippen MR) is 53.2 cm³/mol. The van der Waals surface area contributed by atoms with Gasteiger partial charge >= 0.3 is 11.9 Å². The highest BCUT2D eigenvalue weighted by atomic mass is 16.5. The monoisotopic (exact) mass is 215 g/mol. The van der Waals surface area contributed by atoms with Crippen molar-refractivity contribution in [3.63, 3.8) is 0 Å². The van der Waals surface area contributed by atoms with E-state index in [1.165, 1.54) is 7.11 Å². The molecule has 86 valence electrons. The van der Waals surface area contributed by atoms with Gasteiger partial charge < -0.3 is 14.8 Å². The summed E-state index contributed by atoms with van der Waals surface area (Å²) in [7, 11) is 1.33. The average Bonchev–Trinajstić information content (AvgIpc) is 2.61. The van der Waals surface area contributed by atoms with Crippen LogP contribution < -0.4 is 5.32 Å². The molecular weight excluding hydrogens is 198 g/mol. The molecule has 5 nitrogen and oxygen atoms in total. The van der Waals surface area contributed by atoms with Crippen molar-refractivity contribution in [3.8, 4) is 0 Å². The molecule has 0 aromatic heterocycles. The summed E-state index contributed by atoms with van der Waals surface area (Å²) in [6.07, 6.45) is 0.586. The van der Waals surface area contributed by atoms with Crippen LogP contribution in [-0.4, -0.2) is 38.2 Å². The molecule has 0 amide bonds. The van der Waals surface area contributed by atoms with Crippen LogP contribution >= 0.6 is 0 Å². The first-order chi connectivity index (χ1) is 7.06. The molecule has 0 spiro atoms. The molecule has 1 saturated heterocycles. The van der Waals surface area contributed by atoms with E-state index in [2.05, 4.69) is 5.32 Å². The van der Waals surface area contributed by atoms with Crippen LogP contribution in [0.4, 0.5) is 0 Å². The zero-order chi connectivity index (χ0) is 11.5. The lowest BCUT2D eigenvalue weighted by Gasteiger charge is -2.26. The van der Waals surface area contributed by atoms with Crippen molar-refractivity contribution in [1.29, 1.82) is 0 Å². The normalized spacial score (nSPS) is 29.9. The first kappa shape index (κ1) is 12.0. The van der Waals surface area contributed by atoms with Crippen LogP contribution in [0.5, 0.6) is 0 Å². The Morgan fingerprint density at radius 2 is 2.20 bits per heavy atom. The number of esters is 2. The van der Waals surface area contributed by atoms with E-state index in [1.807, 2.05) is 0 Å². The standard InChI is InChI=1S/C10H17NO4/c1-4-15-8(12)7-10(2,5-6-11-7)9(13)14-3/h7,11H,4-6H2,1-3H3/t7-,10?/m1/s1. The van der Waals surface area contributed by atoms with Gasteiger partial charge in [0.2, 0.25) is 0 Å². The van der Waals surface area contributed by atoms with Crippen LogP contribution in [0.15, 0.2) is 0 Å². The van der Waals surface area contributed by atoms with E-state index < -0.39 is 11.5 Å². The second-order valence-corrected chi connectivity index (χ2v) is 3.80. The molecule has 5 heteroatoms. The number of hydrogen-bond acceptors (Lipinski definition) is 5. The van der Waals surface area contributed by atoms with E-state index in [0.717, 1.165) is 0 Å². The van der Waals surface area contributed by atoms with Gasteiger partial charge in [-0.15, -0.1) is 0 Å². The van der Waals surface area contributed by atoms with Gasteiger partial charge in [-0.3, -0.25) is 9.59 Å². The van der Waals surface area contributed by atoms with Crippen LogP contribution in [0.25, 0.3) is 0 Å². The highest BCUT2D eigenvalue weighted by molar-refractivity contribution is 5.88. The highest BCUT2D eigenvalue weighted by Crippen LogP contribution is 2.32. The molecule has 1 aliphatic rings. The van der Waals surface area contributed by atoms with Gasteiger partial charge in [-0.2, -0.15) is 0 Å². The van der Waals surface area contributed by atoms with Crippen molar-refractivity contribution in [2.45, 2.75) is 26.3 Å². The maximum atomic E-state index is 11.6. The lowest BCUT2D eigenvalue weighted by molar-refractivity contribution is -0.160. The topological polar surface area (TPSA) is 64.6 Å². The van der Waals surface area contributed by atoms with Crippen LogP contribution in [-0.2, 0) is 19.1 Å². The summed E-state index contributed by atoms with van der Waals surface area (Å²) in [5.74, 6) is -0.756. The Kier molecular flexibility index (Phi) is 3.68. The molecule has 0 aromatic rings. The van der Waals surface area contributed by atoms with Crippen molar-refractivity contribution in [1.82, 2.24) is 5.32 Å². The fourth-order valence-corrected chi connectivity index (χ4v) is 1.87. The molecule has 1 N–H and O–H groups in total. The summed E-state index contributed by atoms with van der Waals surface area (Å²) >= 11 is 0. The smallest absolute Gasteiger partial charge is 0.324 e. The summed E-state index contributed by atoms with van der Waals surface area (Å²) in [6.45, 7) is 4.39. The predicted octanol–water partition coefficient (Wildman–Crippen LogP) is 0.0907. The number of methoxy groups -OCH3 is 1.